The van der Waals surface area contributed by atoms with Crippen LogP contribution in [-0.4, -0.2) is 6.71 Å². The fourth-order valence-electron chi connectivity index (χ4n) is 15.0. The summed E-state index contributed by atoms with van der Waals surface area (Å²) in [4.78, 5) is 7.82. The summed E-state index contributed by atoms with van der Waals surface area (Å²) < 4.78 is 6.81. The van der Waals surface area contributed by atoms with Crippen LogP contribution < -0.4 is 31.1 Å². The van der Waals surface area contributed by atoms with Crippen LogP contribution in [-0.2, 0) is 37.9 Å². The molecular formula is C76H84BN3O. The van der Waals surface area contributed by atoms with Crippen molar-refractivity contribution in [3.05, 3.63) is 190 Å². The number of hydrogen-bond acceptors (Lipinski definition) is 4. The molecule has 0 radical (unpaired) electrons. The van der Waals surface area contributed by atoms with E-state index in [2.05, 4.69) is 285 Å². The summed E-state index contributed by atoms with van der Waals surface area (Å²) in [5.41, 5.74) is 27.7. The average molecular weight is 1070 g/mol. The monoisotopic (exact) mass is 1070 g/mol. The smallest absolute Gasteiger partial charge is 0.252 e. The van der Waals surface area contributed by atoms with Gasteiger partial charge in [0.05, 0.1) is 0 Å². The number of rotatable bonds is 5. The Balaban J connectivity index is 1.14. The average Bonchev–Trinajstić information content (AvgIpc) is 2.72. The zero-order valence-electron chi connectivity index (χ0n) is 51.8. The molecule has 0 fully saturated rings. The van der Waals surface area contributed by atoms with Crippen LogP contribution in [0.2, 0.25) is 0 Å². The third kappa shape index (κ3) is 8.43. The molecule has 0 N–H and O–H groups in total. The van der Waals surface area contributed by atoms with E-state index in [-0.39, 0.29) is 44.6 Å². The molecule has 4 aliphatic rings. The Morgan fingerprint density at radius 1 is 0.420 bits per heavy atom. The molecule has 5 heteroatoms. The molecule has 0 saturated carbocycles. The first-order valence-electron chi connectivity index (χ1n) is 30.1. The first kappa shape index (κ1) is 53.3. The van der Waals surface area contributed by atoms with E-state index in [1.807, 2.05) is 0 Å². The van der Waals surface area contributed by atoms with Crippen LogP contribution in [0.5, 0.6) is 0 Å². The molecule has 0 unspecified atom stereocenters. The lowest BCUT2D eigenvalue weighted by atomic mass is 9.33. The Bertz CT molecular complexity index is 3990. The highest BCUT2D eigenvalue weighted by Crippen LogP contribution is 2.56. The van der Waals surface area contributed by atoms with Crippen LogP contribution in [0, 0.1) is 6.92 Å². The van der Waals surface area contributed by atoms with Crippen LogP contribution in [0.1, 0.15) is 181 Å². The van der Waals surface area contributed by atoms with Gasteiger partial charge in [-0.1, -0.05) is 178 Å². The maximum atomic E-state index is 6.81. The molecule has 1 aromatic heterocycles. The number of hydrogen-bond donors (Lipinski definition) is 0. The number of nitrogens with zero attached hydrogens (tertiary/aromatic N) is 3. The Kier molecular flexibility index (Phi) is 11.5. The van der Waals surface area contributed by atoms with Gasteiger partial charge in [0, 0.05) is 68.0 Å². The van der Waals surface area contributed by atoms with Gasteiger partial charge in [0.2, 0.25) is 0 Å². The van der Waals surface area contributed by atoms with E-state index in [4.69, 9.17) is 4.42 Å². The second-order valence-electron chi connectivity index (χ2n) is 30.6. The molecule has 0 bridgehead atoms. The minimum atomic E-state index is -0.181. The van der Waals surface area contributed by atoms with Gasteiger partial charge >= 0.3 is 0 Å². The normalized spacial score (nSPS) is 17.4. The highest BCUT2D eigenvalue weighted by atomic mass is 16.3. The van der Waals surface area contributed by atoms with E-state index >= 15 is 0 Å². The van der Waals surface area contributed by atoms with Crippen LogP contribution in [0.25, 0.3) is 21.9 Å². The van der Waals surface area contributed by atoms with Gasteiger partial charge in [0.15, 0.2) is 0 Å². The van der Waals surface area contributed by atoms with Gasteiger partial charge in [-0.15, -0.1) is 0 Å². The van der Waals surface area contributed by atoms with Crippen molar-refractivity contribution < 1.29 is 4.42 Å². The fraction of sp³-hybridized carbons (Fsp3) is 0.368. The van der Waals surface area contributed by atoms with Crippen molar-refractivity contribution in [3.8, 4) is 0 Å². The molecule has 4 nitrogen and oxygen atoms in total. The van der Waals surface area contributed by atoms with Crippen LogP contribution in [0.4, 0.5) is 51.2 Å². The van der Waals surface area contributed by atoms with Crippen LogP contribution in [0.15, 0.2) is 150 Å². The molecule has 0 saturated heterocycles. The van der Waals surface area contributed by atoms with Crippen molar-refractivity contribution in [1.82, 2.24) is 0 Å². The second kappa shape index (κ2) is 17.5. The molecule has 412 valence electrons. The van der Waals surface area contributed by atoms with Crippen LogP contribution in [0.3, 0.4) is 0 Å². The quantitative estimate of drug-likeness (QED) is 0.160. The minimum absolute atomic E-state index is 0.00394. The fourth-order valence-corrected chi connectivity index (χ4v) is 15.0. The third-order valence-electron chi connectivity index (χ3n) is 19.7. The minimum Gasteiger partial charge on any atom is -0.456 e. The second-order valence-corrected chi connectivity index (χ2v) is 30.6. The predicted molar refractivity (Wildman–Crippen MR) is 349 cm³/mol. The first-order valence-corrected chi connectivity index (χ1v) is 30.1. The van der Waals surface area contributed by atoms with Gasteiger partial charge < -0.3 is 19.1 Å². The zero-order chi connectivity index (χ0) is 57.5. The van der Waals surface area contributed by atoms with Gasteiger partial charge in [-0.25, -0.2) is 0 Å². The Hall–Kier alpha value is -6.98. The highest BCUT2D eigenvalue weighted by molar-refractivity contribution is 7.00. The lowest BCUT2D eigenvalue weighted by Gasteiger charge is -2.48. The number of benzene rings is 8. The molecule has 0 spiro atoms. The van der Waals surface area contributed by atoms with E-state index in [1.165, 1.54) is 89.3 Å². The summed E-state index contributed by atoms with van der Waals surface area (Å²) in [5, 5.41) is 2.26. The molecule has 0 atom stereocenters. The molecule has 13 rings (SSSR count). The summed E-state index contributed by atoms with van der Waals surface area (Å²) in [7, 11) is 0. The summed E-state index contributed by atoms with van der Waals surface area (Å²) in [6.45, 7) is 43.1. The molecule has 2 aliphatic heterocycles. The topological polar surface area (TPSA) is 22.9 Å². The maximum Gasteiger partial charge on any atom is 0.252 e. The zero-order valence-corrected chi connectivity index (χ0v) is 51.8. The van der Waals surface area contributed by atoms with Crippen molar-refractivity contribution in [3.63, 3.8) is 0 Å². The summed E-state index contributed by atoms with van der Waals surface area (Å²) in [5.74, 6) is 0. The van der Waals surface area contributed by atoms with Crippen molar-refractivity contribution in [2.24, 2.45) is 0 Å². The molecule has 81 heavy (non-hydrogen) atoms. The number of para-hydroxylation sites is 1. The largest absolute Gasteiger partial charge is 0.456 e. The van der Waals surface area contributed by atoms with Crippen molar-refractivity contribution in [2.45, 2.75) is 182 Å². The summed E-state index contributed by atoms with van der Waals surface area (Å²) in [6.07, 6.45) is 3.41. The predicted octanol–water partition coefficient (Wildman–Crippen LogP) is 19.6. The third-order valence-corrected chi connectivity index (χ3v) is 19.7. The number of fused-ring (bicyclic) bond motifs is 9. The van der Waals surface area contributed by atoms with Crippen molar-refractivity contribution in [2.75, 3.05) is 14.7 Å². The van der Waals surface area contributed by atoms with E-state index in [0.717, 1.165) is 64.0 Å². The molecule has 3 heterocycles. The lowest BCUT2D eigenvalue weighted by Crippen LogP contribution is -2.62. The summed E-state index contributed by atoms with van der Waals surface area (Å²) in [6, 6.07) is 57.1. The molecular weight excluding hydrogens is 982 g/mol. The Morgan fingerprint density at radius 3 is 1.51 bits per heavy atom. The lowest BCUT2D eigenvalue weighted by molar-refractivity contribution is 0.332. The Morgan fingerprint density at radius 2 is 0.914 bits per heavy atom. The Labute approximate surface area is 484 Å². The van der Waals surface area contributed by atoms with Gasteiger partial charge in [-0.3, -0.25) is 0 Å². The maximum absolute atomic E-state index is 6.81. The standard InChI is InChI=1S/C76H84BN3O/c1-46-37-56-59(76(17,18)45-75(56,15)16)43-62(46)80-64-44-58-57(73(11,12)35-36-74(58,13)14)42-61(64)77-60-34-32-52(78(50-27-23-47(24-28-50)70(2,3)4)51-29-25-48(26-30-51)71(5,6)7)40-63(60)79(65-38-49(72(8,9)10)39-66(80)69(65)77)53-31-33-55-54-21-19-20-22-67(54)81-68(55)41-53/h19-34,37-44H,35-36,45H2,1-18H3. The van der Waals surface area contributed by atoms with Crippen molar-refractivity contribution in [1.29, 1.82) is 0 Å². The first-order chi connectivity index (χ1) is 37.9. The molecule has 2 aliphatic carbocycles. The summed E-state index contributed by atoms with van der Waals surface area (Å²) >= 11 is 0. The number of furan rings is 1. The van der Waals surface area contributed by atoms with Gasteiger partial charge in [-0.2, -0.15) is 0 Å². The SMILES string of the molecule is Cc1cc2c(cc1N1c3cc4c(cc3B3c5ccc(N(c6ccc(C(C)(C)C)cc6)c6ccc(C(C)(C)C)cc6)cc5N(c5ccc6c(c5)oc5ccccc56)c5cc(C(C)(C)C)cc1c53)C(C)(C)CCC4(C)C)C(C)(C)CC2(C)C. The van der Waals surface area contributed by atoms with Gasteiger partial charge in [0.1, 0.15) is 11.2 Å². The highest BCUT2D eigenvalue weighted by Gasteiger charge is 2.49. The van der Waals surface area contributed by atoms with Gasteiger partial charge in [-0.05, 0) is 204 Å². The molecule has 8 aromatic carbocycles. The van der Waals surface area contributed by atoms with Gasteiger partial charge in [0.25, 0.3) is 6.71 Å². The number of anilines is 9. The molecule has 9 aromatic rings. The van der Waals surface area contributed by atoms with E-state index in [1.54, 1.807) is 0 Å². The van der Waals surface area contributed by atoms with Crippen molar-refractivity contribution >= 4 is 96.2 Å². The van der Waals surface area contributed by atoms with E-state index in [0.29, 0.717) is 0 Å². The number of aryl methyl sites for hydroxylation is 1. The van der Waals surface area contributed by atoms with Crippen LogP contribution >= 0.6 is 0 Å². The molecule has 0 amide bonds. The van der Waals surface area contributed by atoms with E-state index < -0.39 is 0 Å². The van der Waals surface area contributed by atoms with E-state index in [9.17, 15) is 0 Å².